The molecule has 0 radical (unpaired) electrons. The number of nitrogens with two attached hydrogens (primary N) is 1. The molecule has 7 heteroatoms. The molecule has 0 aliphatic rings. The van der Waals surface area contributed by atoms with Gasteiger partial charge < -0.3 is 10.5 Å². The van der Waals surface area contributed by atoms with Crippen LogP contribution in [-0.4, -0.2) is 25.6 Å². The summed E-state index contributed by atoms with van der Waals surface area (Å²) in [5.41, 5.74) is 6.59. The summed E-state index contributed by atoms with van der Waals surface area (Å²) in [4.78, 5) is 0. The Kier molecular flexibility index (Phi) is 5.25. The quantitative estimate of drug-likeness (QED) is 0.814. The molecule has 0 aromatic heterocycles. The summed E-state index contributed by atoms with van der Waals surface area (Å²) >= 11 is 0. The zero-order chi connectivity index (χ0) is 14.6. The lowest BCUT2D eigenvalue weighted by atomic mass is 10.1. The standard InChI is InChI=1S/C12H14F5NO/c1-7-2-8(4-9(13)3-7)10(18)5-19-6-12(16,17)11(14)15/h2-4,10-11H,5-6,18H2,1H3. The van der Waals surface area contributed by atoms with Crippen LogP contribution in [0.3, 0.4) is 0 Å². The Morgan fingerprint density at radius 2 is 1.89 bits per heavy atom. The van der Waals surface area contributed by atoms with E-state index in [-0.39, 0.29) is 0 Å². The van der Waals surface area contributed by atoms with Gasteiger partial charge in [-0.1, -0.05) is 6.07 Å². The van der Waals surface area contributed by atoms with E-state index in [4.69, 9.17) is 5.73 Å². The van der Waals surface area contributed by atoms with Gasteiger partial charge in [0.15, 0.2) is 0 Å². The summed E-state index contributed by atoms with van der Waals surface area (Å²) in [6.45, 7) is -0.178. The third-order valence-electron chi connectivity index (χ3n) is 2.40. The smallest absolute Gasteiger partial charge is 0.330 e. The summed E-state index contributed by atoms with van der Waals surface area (Å²) in [7, 11) is 0. The molecule has 19 heavy (non-hydrogen) atoms. The number of aryl methyl sites for hydroxylation is 1. The first-order valence-corrected chi connectivity index (χ1v) is 5.49. The van der Waals surface area contributed by atoms with Crippen molar-refractivity contribution in [2.24, 2.45) is 5.73 Å². The molecule has 1 aromatic carbocycles. The number of rotatable bonds is 6. The van der Waals surface area contributed by atoms with Crippen molar-refractivity contribution in [3.8, 4) is 0 Å². The van der Waals surface area contributed by atoms with E-state index in [0.29, 0.717) is 11.1 Å². The first-order valence-electron chi connectivity index (χ1n) is 5.49. The van der Waals surface area contributed by atoms with Crippen LogP contribution < -0.4 is 5.73 Å². The van der Waals surface area contributed by atoms with E-state index in [9.17, 15) is 22.0 Å². The topological polar surface area (TPSA) is 35.2 Å². The van der Waals surface area contributed by atoms with Gasteiger partial charge in [-0.25, -0.2) is 13.2 Å². The monoisotopic (exact) mass is 283 g/mol. The third kappa shape index (κ3) is 4.76. The van der Waals surface area contributed by atoms with Crippen LogP contribution in [0.5, 0.6) is 0 Å². The number of alkyl halides is 4. The van der Waals surface area contributed by atoms with Gasteiger partial charge >= 0.3 is 12.3 Å². The zero-order valence-electron chi connectivity index (χ0n) is 10.2. The molecule has 0 fully saturated rings. The molecule has 2 nitrogen and oxygen atoms in total. The van der Waals surface area contributed by atoms with E-state index in [1.165, 1.54) is 6.07 Å². The first-order chi connectivity index (χ1) is 8.72. The van der Waals surface area contributed by atoms with Crippen LogP contribution in [0.1, 0.15) is 17.2 Å². The highest BCUT2D eigenvalue weighted by Crippen LogP contribution is 2.23. The van der Waals surface area contributed by atoms with Crippen LogP contribution in [0.15, 0.2) is 18.2 Å². The second-order valence-corrected chi connectivity index (χ2v) is 4.25. The fourth-order valence-corrected chi connectivity index (χ4v) is 1.46. The van der Waals surface area contributed by atoms with Gasteiger partial charge in [0.1, 0.15) is 12.4 Å². The Balaban J connectivity index is 2.54. The Bertz CT molecular complexity index is 404. The number of benzene rings is 1. The van der Waals surface area contributed by atoms with Gasteiger partial charge in [0.05, 0.1) is 12.6 Å². The molecule has 1 unspecified atom stereocenters. The lowest BCUT2D eigenvalue weighted by Gasteiger charge is -2.18. The van der Waals surface area contributed by atoms with Crippen molar-refractivity contribution < 1.29 is 26.7 Å². The molecule has 0 aliphatic heterocycles. The van der Waals surface area contributed by atoms with Crippen molar-refractivity contribution in [3.05, 3.63) is 35.1 Å². The molecule has 1 atom stereocenters. The Morgan fingerprint density at radius 1 is 1.26 bits per heavy atom. The maximum atomic E-state index is 13.1. The van der Waals surface area contributed by atoms with Gasteiger partial charge in [-0.2, -0.15) is 8.78 Å². The number of ether oxygens (including phenoxy) is 1. The van der Waals surface area contributed by atoms with Gasteiger partial charge in [-0.15, -0.1) is 0 Å². The lowest BCUT2D eigenvalue weighted by molar-refractivity contribution is -0.166. The number of halogens is 5. The van der Waals surface area contributed by atoms with Crippen LogP contribution in [0, 0.1) is 12.7 Å². The predicted molar refractivity (Wildman–Crippen MR) is 59.8 cm³/mol. The van der Waals surface area contributed by atoms with Gasteiger partial charge in [-0.05, 0) is 30.2 Å². The first kappa shape index (κ1) is 15.8. The highest BCUT2D eigenvalue weighted by atomic mass is 19.3. The Morgan fingerprint density at radius 3 is 2.42 bits per heavy atom. The molecule has 1 rings (SSSR count). The lowest BCUT2D eigenvalue weighted by Crippen LogP contribution is -2.33. The molecule has 0 aliphatic carbocycles. The van der Waals surface area contributed by atoms with Crippen molar-refractivity contribution in [1.82, 2.24) is 0 Å². The zero-order valence-corrected chi connectivity index (χ0v) is 10.2. The summed E-state index contributed by atoms with van der Waals surface area (Å²) < 4.78 is 66.4. The van der Waals surface area contributed by atoms with Crippen LogP contribution >= 0.6 is 0 Å². The molecule has 0 saturated heterocycles. The summed E-state index contributed by atoms with van der Waals surface area (Å²) in [5, 5.41) is 0. The molecule has 0 amide bonds. The minimum absolute atomic E-state index is 0.359. The van der Waals surface area contributed by atoms with Gasteiger partial charge in [0, 0.05) is 0 Å². The van der Waals surface area contributed by atoms with Crippen LogP contribution in [0.25, 0.3) is 0 Å². The molecule has 0 bridgehead atoms. The molecule has 2 N–H and O–H groups in total. The highest BCUT2D eigenvalue weighted by molar-refractivity contribution is 5.26. The Labute approximate surface area is 107 Å². The van der Waals surface area contributed by atoms with Crippen molar-refractivity contribution in [1.29, 1.82) is 0 Å². The van der Waals surface area contributed by atoms with E-state index in [2.05, 4.69) is 4.74 Å². The number of hydrogen-bond donors (Lipinski definition) is 1. The maximum absolute atomic E-state index is 13.1. The fraction of sp³-hybridized carbons (Fsp3) is 0.500. The molecule has 108 valence electrons. The Hall–Kier alpha value is -1.21. The maximum Gasteiger partial charge on any atom is 0.330 e. The minimum atomic E-state index is -4.21. The molecule has 0 saturated carbocycles. The minimum Gasteiger partial charge on any atom is -0.373 e. The summed E-state index contributed by atoms with van der Waals surface area (Å²) in [6.07, 6.45) is -3.79. The van der Waals surface area contributed by atoms with Crippen molar-refractivity contribution in [3.63, 3.8) is 0 Å². The predicted octanol–water partition coefficient (Wildman–Crippen LogP) is 3.05. The van der Waals surface area contributed by atoms with Crippen molar-refractivity contribution in [2.45, 2.75) is 25.3 Å². The number of hydrogen-bond acceptors (Lipinski definition) is 2. The van der Waals surface area contributed by atoms with Gasteiger partial charge in [0.25, 0.3) is 0 Å². The third-order valence-corrected chi connectivity index (χ3v) is 2.40. The van der Waals surface area contributed by atoms with Crippen LogP contribution in [-0.2, 0) is 4.74 Å². The molecule has 1 aromatic rings. The van der Waals surface area contributed by atoms with Crippen LogP contribution in [0.2, 0.25) is 0 Å². The second-order valence-electron chi connectivity index (χ2n) is 4.25. The van der Waals surface area contributed by atoms with E-state index < -0.39 is 37.4 Å². The van der Waals surface area contributed by atoms with Crippen LogP contribution in [0.4, 0.5) is 22.0 Å². The van der Waals surface area contributed by atoms with Crippen molar-refractivity contribution in [2.75, 3.05) is 13.2 Å². The fourth-order valence-electron chi connectivity index (χ4n) is 1.46. The average Bonchev–Trinajstić information content (AvgIpc) is 2.27. The SMILES string of the molecule is Cc1cc(F)cc(C(N)COCC(F)(F)C(F)F)c1. The normalized spacial score (nSPS) is 13.9. The summed E-state index contributed by atoms with van der Waals surface area (Å²) in [5.74, 6) is -4.72. The van der Waals surface area contributed by atoms with Gasteiger partial charge in [-0.3, -0.25) is 0 Å². The highest BCUT2D eigenvalue weighted by Gasteiger charge is 2.41. The molecule has 0 spiro atoms. The molecular weight excluding hydrogens is 269 g/mol. The van der Waals surface area contributed by atoms with E-state index in [0.717, 1.165) is 6.07 Å². The van der Waals surface area contributed by atoms with Gasteiger partial charge in [0.2, 0.25) is 0 Å². The largest absolute Gasteiger partial charge is 0.373 e. The van der Waals surface area contributed by atoms with Crippen molar-refractivity contribution >= 4 is 0 Å². The average molecular weight is 283 g/mol. The van der Waals surface area contributed by atoms with E-state index >= 15 is 0 Å². The van der Waals surface area contributed by atoms with E-state index in [1.54, 1.807) is 13.0 Å². The molecule has 0 heterocycles. The molecular formula is C12H14F5NO. The van der Waals surface area contributed by atoms with E-state index in [1.807, 2.05) is 0 Å². The second kappa shape index (κ2) is 6.29. The summed E-state index contributed by atoms with van der Waals surface area (Å²) in [6, 6.07) is 3.14.